The lowest BCUT2D eigenvalue weighted by atomic mass is 9.83. The monoisotopic (exact) mass is 248 g/mol. The average molecular weight is 249 g/mol. The predicted molar refractivity (Wildman–Crippen MR) is 66.8 cm³/mol. The number of halogens is 1. The van der Waals surface area contributed by atoms with Gasteiger partial charge in [-0.15, -0.1) is 0 Å². The zero-order valence-corrected chi connectivity index (χ0v) is 10.1. The Labute approximate surface area is 105 Å². The molecule has 1 aliphatic carbocycles. The van der Waals surface area contributed by atoms with Crippen LogP contribution in [0.1, 0.15) is 31.2 Å². The fourth-order valence-electron chi connectivity index (χ4n) is 1.85. The van der Waals surface area contributed by atoms with E-state index in [0.717, 1.165) is 12.8 Å². The number of hydrogen-bond donors (Lipinski definition) is 1. The van der Waals surface area contributed by atoms with E-state index in [1.54, 1.807) is 18.2 Å². The molecule has 0 atom stereocenters. The molecular weight excluding hydrogens is 236 g/mol. The summed E-state index contributed by atoms with van der Waals surface area (Å²) in [5.74, 6) is 0.500. The van der Waals surface area contributed by atoms with Gasteiger partial charge in [-0.2, -0.15) is 5.26 Å². The van der Waals surface area contributed by atoms with E-state index in [2.05, 4.69) is 5.32 Å². The van der Waals surface area contributed by atoms with E-state index in [0.29, 0.717) is 28.6 Å². The smallest absolute Gasteiger partial charge is 0.224 e. The molecule has 1 aliphatic rings. The van der Waals surface area contributed by atoms with Gasteiger partial charge >= 0.3 is 0 Å². The lowest BCUT2D eigenvalue weighted by Gasteiger charge is -2.24. The molecule has 1 aromatic carbocycles. The van der Waals surface area contributed by atoms with Gasteiger partial charge in [-0.25, -0.2) is 0 Å². The minimum atomic E-state index is -0.0216. The molecule has 1 fully saturated rings. The number of amides is 1. The molecule has 0 aromatic heterocycles. The Bertz CT molecular complexity index is 475. The fourth-order valence-corrected chi connectivity index (χ4v) is 2.02. The van der Waals surface area contributed by atoms with Crippen LogP contribution in [0.25, 0.3) is 0 Å². The van der Waals surface area contributed by atoms with E-state index < -0.39 is 0 Å². The lowest BCUT2D eigenvalue weighted by Crippen LogP contribution is -2.21. The SMILES string of the molecule is N#Cc1ccc(Cl)c(NC(=O)CC2CCC2)c1. The molecule has 0 heterocycles. The van der Waals surface area contributed by atoms with Gasteiger partial charge in [0.2, 0.25) is 5.91 Å². The average Bonchev–Trinajstić information content (AvgIpc) is 2.27. The zero-order valence-electron chi connectivity index (χ0n) is 9.37. The van der Waals surface area contributed by atoms with Gasteiger partial charge in [0.05, 0.1) is 22.3 Å². The van der Waals surface area contributed by atoms with Crippen LogP contribution in [-0.4, -0.2) is 5.91 Å². The van der Waals surface area contributed by atoms with E-state index in [1.807, 2.05) is 6.07 Å². The molecule has 0 radical (unpaired) electrons. The van der Waals surface area contributed by atoms with Crippen molar-refractivity contribution >= 4 is 23.2 Å². The number of nitrogens with zero attached hydrogens (tertiary/aromatic N) is 1. The zero-order chi connectivity index (χ0) is 12.3. The van der Waals surface area contributed by atoms with Crippen LogP contribution in [0.3, 0.4) is 0 Å². The van der Waals surface area contributed by atoms with Crippen molar-refractivity contribution in [2.75, 3.05) is 5.32 Å². The number of carbonyl (C=O) groups excluding carboxylic acids is 1. The summed E-state index contributed by atoms with van der Waals surface area (Å²) >= 11 is 5.96. The number of hydrogen-bond acceptors (Lipinski definition) is 2. The van der Waals surface area contributed by atoms with Gasteiger partial charge in [0.25, 0.3) is 0 Å². The summed E-state index contributed by atoms with van der Waals surface area (Å²) in [5, 5.41) is 12.0. The number of nitriles is 1. The number of carbonyl (C=O) groups is 1. The van der Waals surface area contributed by atoms with Crippen LogP contribution in [0.4, 0.5) is 5.69 Å². The van der Waals surface area contributed by atoms with Crippen molar-refractivity contribution in [3.63, 3.8) is 0 Å². The van der Waals surface area contributed by atoms with Crippen LogP contribution >= 0.6 is 11.6 Å². The highest BCUT2D eigenvalue weighted by molar-refractivity contribution is 6.33. The van der Waals surface area contributed by atoms with Gasteiger partial charge < -0.3 is 5.32 Å². The first kappa shape index (κ1) is 11.9. The Balaban J connectivity index is 2.01. The molecule has 1 aromatic rings. The molecule has 2 rings (SSSR count). The maximum Gasteiger partial charge on any atom is 0.224 e. The second kappa shape index (κ2) is 5.20. The van der Waals surface area contributed by atoms with Crippen molar-refractivity contribution in [2.24, 2.45) is 5.92 Å². The van der Waals surface area contributed by atoms with E-state index in [1.165, 1.54) is 6.42 Å². The highest BCUT2D eigenvalue weighted by Crippen LogP contribution is 2.30. The molecule has 0 aliphatic heterocycles. The lowest BCUT2D eigenvalue weighted by molar-refractivity contribution is -0.117. The Hall–Kier alpha value is -1.53. The van der Waals surface area contributed by atoms with Crippen LogP contribution < -0.4 is 5.32 Å². The van der Waals surface area contributed by atoms with E-state index in [9.17, 15) is 4.79 Å². The normalized spacial score (nSPS) is 14.8. The highest BCUT2D eigenvalue weighted by atomic mass is 35.5. The van der Waals surface area contributed by atoms with Crippen LogP contribution in [-0.2, 0) is 4.79 Å². The molecule has 0 unspecified atom stereocenters. The summed E-state index contributed by atoms with van der Waals surface area (Å²) < 4.78 is 0. The molecule has 0 bridgehead atoms. The first-order valence-corrected chi connectivity index (χ1v) is 6.06. The van der Waals surface area contributed by atoms with Crippen molar-refractivity contribution < 1.29 is 4.79 Å². The van der Waals surface area contributed by atoms with Gasteiger partial charge in [-0.3, -0.25) is 4.79 Å². The van der Waals surface area contributed by atoms with Gasteiger partial charge in [0.1, 0.15) is 0 Å². The van der Waals surface area contributed by atoms with Gasteiger partial charge in [-0.1, -0.05) is 18.0 Å². The maximum atomic E-state index is 11.7. The first-order valence-electron chi connectivity index (χ1n) is 5.68. The number of benzene rings is 1. The molecule has 88 valence electrons. The van der Waals surface area contributed by atoms with E-state index >= 15 is 0 Å². The van der Waals surface area contributed by atoms with Gasteiger partial charge in [0, 0.05) is 6.42 Å². The predicted octanol–water partition coefficient (Wildman–Crippen LogP) is 3.34. The largest absolute Gasteiger partial charge is 0.325 e. The molecule has 1 saturated carbocycles. The molecule has 0 saturated heterocycles. The fraction of sp³-hybridized carbons (Fsp3) is 0.385. The van der Waals surface area contributed by atoms with Crippen molar-refractivity contribution in [1.29, 1.82) is 5.26 Å². The van der Waals surface area contributed by atoms with Crippen molar-refractivity contribution in [3.8, 4) is 6.07 Å². The van der Waals surface area contributed by atoms with Crippen LogP contribution in [0, 0.1) is 17.2 Å². The summed E-state index contributed by atoms with van der Waals surface area (Å²) in [5.41, 5.74) is 1.02. The summed E-state index contributed by atoms with van der Waals surface area (Å²) in [6, 6.07) is 6.87. The van der Waals surface area contributed by atoms with Crippen LogP contribution in [0.15, 0.2) is 18.2 Å². The molecule has 17 heavy (non-hydrogen) atoms. The third-order valence-electron chi connectivity index (χ3n) is 3.07. The van der Waals surface area contributed by atoms with E-state index in [-0.39, 0.29) is 5.91 Å². The highest BCUT2D eigenvalue weighted by Gasteiger charge is 2.20. The Morgan fingerprint density at radius 2 is 2.29 bits per heavy atom. The summed E-state index contributed by atoms with van der Waals surface area (Å²) in [7, 11) is 0. The minimum absolute atomic E-state index is 0.0216. The summed E-state index contributed by atoms with van der Waals surface area (Å²) in [4.78, 5) is 11.7. The van der Waals surface area contributed by atoms with Crippen LogP contribution in [0.2, 0.25) is 5.02 Å². The molecule has 3 nitrogen and oxygen atoms in total. The number of rotatable bonds is 3. The molecule has 1 N–H and O–H groups in total. The third-order valence-corrected chi connectivity index (χ3v) is 3.40. The number of anilines is 1. The third kappa shape index (κ3) is 2.98. The van der Waals surface area contributed by atoms with Gasteiger partial charge in [-0.05, 0) is 37.0 Å². The number of nitrogens with one attached hydrogen (secondary N) is 1. The Morgan fingerprint density at radius 3 is 2.88 bits per heavy atom. The topological polar surface area (TPSA) is 52.9 Å². The van der Waals surface area contributed by atoms with Crippen molar-refractivity contribution in [1.82, 2.24) is 0 Å². The van der Waals surface area contributed by atoms with Crippen molar-refractivity contribution in [2.45, 2.75) is 25.7 Å². The molecule has 4 heteroatoms. The molecule has 1 amide bonds. The Morgan fingerprint density at radius 1 is 1.53 bits per heavy atom. The second-order valence-electron chi connectivity index (χ2n) is 4.36. The van der Waals surface area contributed by atoms with Gasteiger partial charge in [0.15, 0.2) is 0 Å². The standard InChI is InChI=1S/C13H13ClN2O/c14-11-5-4-10(8-15)6-12(11)16-13(17)7-9-2-1-3-9/h4-6,9H,1-3,7H2,(H,16,17). The van der Waals surface area contributed by atoms with Crippen LogP contribution in [0.5, 0.6) is 0 Å². The first-order chi connectivity index (χ1) is 8.19. The maximum absolute atomic E-state index is 11.7. The van der Waals surface area contributed by atoms with Crippen molar-refractivity contribution in [3.05, 3.63) is 28.8 Å². The molecular formula is C13H13ClN2O. The second-order valence-corrected chi connectivity index (χ2v) is 4.76. The summed E-state index contributed by atoms with van der Waals surface area (Å²) in [6.07, 6.45) is 4.05. The quantitative estimate of drug-likeness (QED) is 0.892. The minimum Gasteiger partial charge on any atom is -0.325 e. The Kier molecular flexibility index (Phi) is 3.65. The summed E-state index contributed by atoms with van der Waals surface area (Å²) in [6.45, 7) is 0. The van der Waals surface area contributed by atoms with E-state index in [4.69, 9.17) is 16.9 Å². The molecule has 0 spiro atoms.